The molecule has 6 heteroatoms. The minimum absolute atomic E-state index is 0.0798. The lowest BCUT2D eigenvalue weighted by atomic mass is 9.75. The van der Waals surface area contributed by atoms with Crippen LogP contribution in [0.25, 0.3) is 0 Å². The van der Waals surface area contributed by atoms with Crippen LogP contribution in [0.4, 0.5) is 5.88 Å². The van der Waals surface area contributed by atoms with E-state index in [1.165, 1.54) is 0 Å². The maximum Gasteiger partial charge on any atom is 0.240 e. The Labute approximate surface area is 141 Å². The van der Waals surface area contributed by atoms with Crippen molar-refractivity contribution in [1.29, 1.82) is 0 Å². The Morgan fingerprint density at radius 1 is 1.42 bits per heavy atom. The number of aromatic nitrogens is 1. The lowest BCUT2D eigenvalue weighted by Crippen LogP contribution is -2.50. The summed E-state index contributed by atoms with van der Waals surface area (Å²) in [5.74, 6) is 0.235. The topological polar surface area (TPSA) is 78.6 Å². The minimum atomic E-state index is -0.303. The Morgan fingerprint density at radius 2 is 2.21 bits per heavy atom. The van der Waals surface area contributed by atoms with E-state index in [1.807, 2.05) is 18.2 Å². The molecule has 128 valence electrons. The molecule has 1 aromatic carbocycles. The third-order valence-corrected chi connectivity index (χ3v) is 4.60. The van der Waals surface area contributed by atoms with Gasteiger partial charge in [-0.1, -0.05) is 35.5 Å². The second-order valence-electron chi connectivity index (χ2n) is 6.50. The number of nitrogens with one attached hydrogen (secondary N) is 1. The van der Waals surface area contributed by atoms with Gasteiger partial charge in [0.05, 0.1) is 18.8 Å². The van der Waals surface area contributed by atoms with Gasteiger partial charge in [-0.05, 0) is 31.9 Å². The summed E-state index contributed by atoms with van der Waals surface area (Å²) in [5, 5.41) is 16.5. The fourth-order valence-electron chi connectivity index (χ4n) is 3.41. The molecule has 0 radical (unpaired) electrons. The first-order valence-corrected chi connectivity index (χ1v) is 8.23. The number of aliphatic hydroxyl groups excluding tert-OH is 1. The van der Waals surface area contributed by atoms with Crippen LogP contribution in [-0.4, -0.2) is 47.3 Å². The van der Waals surface area contributed by atoms with Gasteiger partial charge in [0.15, 0.2) is 0 Å². The van der Waals surface area contributed by atoms with Crippen LogP contribution in [0.3, 0.4) is 0 Å². The van der Waals surface area contributed by atoms with Crippen LogP contribution in [0.2, 0.25) is 0 Å². The summed E-state index contributed by atoms with van der Waals surface area (Å²) < 4.78 is 5.02. The Morgan fingerprint density at radius 3 is 2.88 bits per heavy atom. The maximum absolute atomic E-state index is 12.2. The molecular formula is C18H23N3O3. The molecular weight excluding hydrogens is 306 g/mol. The quantitative estimate of drug-likeness (QED) is 0.876. The number of amides is 1. The van der Waals surface area contributed by atoms with Crippen molar-refractivity contribution >= 4 is 11.8 Å². The van der Waals surface area contributed by atoms with Gasteiger partial charge in [-0.3, -0.25) is 15.0 Å². The van der Waals surface area contributed by atoms with E-state index in [0.29, 0.717) is 12.4 Å². The van der Waals surface area contributed by atoms with E-state index < -0.39 is 0 Å². The smallest absolute Gasteiger partial charge is 0.240 e. The van der Waals surface area contributed by atoms with Crippen LogP contribution in [-0.2, 0) is 10.2 Å². The second-order valence-corrected chi connectivity index (χ2v) is 6.50. The fraction of sp³-hybridized carbons (Fsp3) is 0.444. The Balaban J connectivity index is 1.65. The number of anilines is 1. The summed E-state index contributed by atoms with van der Waals surface area (Å²) in [6.07, 6.45) is 1.87. The van der Waals surface area contributed by atoms with Crippen molar-refractivity contribution in [2.75, 3.05) is 31.6 Å². The fourth-order valence-corrected chi connectivity index (χ4v) is 3.41. The third-order valence-electron chi connectivity index (χ3n) is 4.60. The molecule has 0 aliphatic carbocycles. The highest BCUT2D eigenvalue weighted by Gasteiger charge is 2.37. The monoisotopic (exact) mass is 329 g/mol. The number of likely N-dealkylation sites (tertiary alicyclic amines) is 1. The zero-order valence-corrected chi connectivity index (χ0v) is 13.9. The van der Waals surface area contributed by atoms with Crippen LogP contribution in [0, 0.1) is 6.92 Å². The van der Waals surface area contributed by atoms with E-state index in [-0.39, 0.29) is 24.5 Å². The highest BCUT2D eigenvalue weighted by atomic mass is 16.5. The first kappa shape index (κ1) is 16.7. The third kappa shape index (κ3) is 3.66. The molecule has 1 amide bonds. The molecule has 0 spiro atoms. The average molecular weight is 329 g/mol. The number of piperidine rings is 1. The van der Waals surface area contributed by atoms with Crippen molar-refractivity contribution in [2.45, 2.75) is 25.2 Å². The summed E-state index contributed by atoms with van der Waals surface area (Å²) in [4.78, 5) is 14.3. The van der Waals surface area contributed by atoms with Gasteiger partial charge in [-0.2, -0.15) is 0 Å². The van der Waals surface area contributed by atoms with Crippen LogP contribution in [0.5, 0.6) is 0 Å². The first-order chi connectivity index (χ1) is 11.6. The molecule has 1 saturated heterocycles. The number of aliphatic hydroxyl groups is 1. The average Bonchev–Trinajstić information content (AvgIpc) is 3.00. The van der Waals surface area contributed by atoms with Crippen LogP contribution >= 0.6 is 0 Å². The number of aryl methyl sites for hydroxylation is 1. The summed E-state index contributed by atoms with van der Waals surface area (Å²) in [6, 6.07) is 11.8. The number of rotatable bonds is 5. The van der Waals surface area contributed by atoms with Gasteiger partial charge in [0, 0.05) is 18.0 Å². The van der Waals surface area contributed by atoms with Crippen molar-refractivity contribution in [3.8, 4) is 0 Å². The number of nitrogens with zero attached hydrogens (tertiary/aromatic N) is 2. The van der Waals surface area contributed by atoms with Crippen LogP contribution < -0.4 is 5.32 Å². The van der Waals surface area contributed by atoms with Gasteiger partial charge in [0.25, 0.3) is 0 Å². The van der Waals surface area contributed by atoms with Gasteiger partial charge in [0.2, 0.25) is 11.8 Å². The largest absolute Gasteiger partial charge is 0.395 e. The van der Waals surface area contributed by atoms with Crippen molar-refractivity contribution in [1.82, 2.24) is 10.1 Å². The van der Waals surface area contributed by atoms with E-state index in [0.717, 1.165) is 30.6 Å². The number of benzene rings is 1. The molecule has 1 aromatic heterocycles. The summed E-state index contributed by atoms with van der Waals surface area (Å²) >= 11 is 0. The molecule has 0 saturated carbocycles. The molecule has 0 bridgehead atoms. The molecule has 2 aromatic rings. The normalized spacial score (nSPS) is 21.6. The van der Waals surface area contributed by atoms with Crippen molar-refractivity contribution < 1.29 is 14.4 Å². The van der Waals surface area contributed by atoms with Gasteiger partial charge in [0.1, 0.15) is 0 Å². The van der Waals surface area contributed by atoms with Crippen molar-refractivity contribution in [3.05, 3.63) is 47.7 Å². The number of hydrogen-bond donors (Lipinski definition) is 2. The predicted molar refractivity (Wildman–Crippen MR) is 90.7 cm³/mol. The highest BCUT2D eigenvalue weighted by molar-refractivity contribution is 5.90. The predicted octanol–water partition coefficient (Wildman–Crippen LogP) is 1.95. The van der Waals surface area contributed by atoms with Crippen LogP contribution in [0.15, 0.2) is 40.9 Å². The molecule has 1 atom stereocenters. The Bertz CT molecular complexity index is 686. The van der Waals surface area contributed by atoms with E-state index in [4.69, 9.17) is 4.52 Å². The molecule has 1 aliphatic rings. The standard InChI is InChI=1S/C18H23N3O3/c1-14-10-17(24-20-14)19-16(23)11-21-9-5-8-18(12-21,13-22)15-6-3-2-4-7-15/h2-4,6-7,10,22H,5,8-9,11-13H2,1H3,(H,19,23). The molecule has 24 heavy (non-hydrogen) atoms. The maximum atomic E-state index is 12.2. The Hall–Kier alpha value is -2.18. The molecule has 2 heterocycles. The second kappa shape index (κ2) is 7.15. The van der Waals surface area contributed by atoms with Gasteiger partial charge in [-0.15, -0.1) is 0 Å². The molecule has 1 unspecified atom stereocenters. The zero-order chi connectivity index (χ0) is 17.0. The Kier molecular flexibility index (Phi) is 4.97. The minimum Gasteiger partial charge on any atom is -0.395 e. The highest BCUT2D eigenvalue weighted by Crippen LogP contribution is 2.33. The summed E-state index contributed by atoms with van der Waals surface area (Å²) in [5.41, 5.74) is 1.55. The lowest BCUT2D eigenvalue weighted by molar-refractivity contribution is -0.118. The van der Waals surface area contributed by atoms with Crippen LogP contribution in [0.1, 0.15) is 24.1 Å². The molecule has 6 nitrogen and oxygen atoms in total. The molecule has 1 aliphatic heterocycles. The summed E-state index contributed by atoms with van der Waals surface area (Å²) in [7, 11) is 0. The van der Waals surface area contributed by atoms with Gasteiger partial charge >= 0.3 is 0 Å². The number of carbonyl (C=O) groups excluding carboxylic acids is 1. The first-order valence-electron chi connectivity index (χ1n) is 8.23. The molecule has 1 fully saturated rings. The van der Waals surface area contributed by atoms with E-state index in [2.05, 4.69) is 27.5 Å². The SMILES string of the molecule is Cc1cc(NC(=O)CN2CCCC(CO)(c3ccccc3)C2)on1. The van der Waals surface area contributed by atoms with Crippen molar-refractivity contribution in [3.63, 3.8) is 0 Å². The summed E-state index contributed by atoms with van der Waals surface area (Å²) in [6.45, 7) is 3.66. The van der Waals surface area contributed by atoms with Gasteiger partial charge < -0.3 is 9.63 Å². The molecule has 3 rings (SSSR count). The zero-order valence-electron chi connectivity index (χ0n) is 13.9. The number of hydrogen-bond acceptors (Lipinski definition) is 5. The van der Waals surface area contributed by atoms with Gasteiger partial charge in [-0.25, -0.2) is 0 Å². The van der Waals surface area contributed by atoms with E-state index in [1.54, 1.807) is 13.0 Å². The number of carbonyl (C=O) groups is 1. The van der Waals surface area contributed by atoms with E-state index in [9.17, 15) is 9.90 Å². The van der Waals surface area contributed by atoms with Crippen molar-refractivity contribution in [2.24, 2.45) is 0 Å². The van der Waals surface area contributed by atoms with E-state index >= 15 is 0 Å². The lowest BCUT2D eigenvalue weighted by Gasteiger charge is -2.42. The molecule has 2 N–H and O–H groups in total.